The summed E-state index contributed by atoms with van der Waals surface area (Å²) < 4.78 is 45.9. The average Bonchev–Trinajstić information content (AvgIpc) is 3.28. The molecule has 1 N–H and O–H groups in total. The monoisotopic (exact) mass is 498 g/mol. The number of nitrogens with one attached hydrogen (secondary N) is 1. The molecule has 3 heterocycles. The van der Waals surface area contributed by atoms with Crippen LogP contribution in [0.2, 0.25) is 0 Å². The molecule has 0 aliphatic heterocycles. The summed E-state index contributed by atoms with van der Waals surface area (Å²) in [6.07, 6.45) is -2.52. The minimum absolute atomic E-state index is 0.121. The lowest BCUT2D eigenvalue weighted by molar-refractivity contribution is -0.144. The number of halogens is 3. The van der Waals surface area contributed by atoms with Gasteiger partial charge in [0.2, 0.25) is 5.91 Å². The Bertz CT molecular complexity index is 1370. The quantitative estimate of drug-likeness (QED) is 0.383. The van der Waals surface area contributed by atoms with E-state index in [-0.39, 0.29) is 24.1 Å². The highest BCUT2D eigenvalue weighted by atomic mass is 19.4. The molecule has 188 valence electrons. The number of carbonyl (C=O) groups is 1. The van der Waals surface area contributed by atoms with Gasteiger partial charge in [0.05, 0.1) is 11.7 Å². The van der Waals surface area contributed by atoms with Crippen LogP contribution in [0, 0.1) is 13.8 Å². The number of hydrogen-bond donors (Lipinski definition) is 1. The van der Waals surface area contributed by atoms with Gasteiger partial charge >= 0.3 is 6.18 Å². The van der Waals surface area contributed by atoms with Crippen molar-refractivity contribution in [2.75, 3.05) is 0 Å². The molecule has 3 aromatic heterocycles. The summed E-state index contributed by atoms with van der Waals surface area (Å²) in [5.74, 6) is -0.900. The van der Waals surface area contributed by atoms with Crippen LogP contribution >= 0.6 is 0 Å². The number of alkyl halides is 3. The lowest BCUT2D eigenvalue weighted by Crippen LogP contribution is -2.27. The molecule has 0 aliphatic carbocycles. The molecule has 0 spiro atoms. The van der Waals surface area contributed by atoms with Crippen LogP contribution in [0.3, 0.4) is 0 Å². The number of nitrogens with zero attached hydrogens (tertiary/aromatic N) is 5. The predicted molar refractivity (Wildman–Crippen MR) is 125 cm³/mol. The van der Waals surface area contributed by atoms with Crippen LogP contribution in [0.5, 0.6) is 5.75 Å². The van der Waals surface area contributed by atoms with Gasteiger partial charge < -0.3 is 10.1 Å². The van der Waals surface area contributed by atoms with E-state index in [1.165, 1.54) is 0 Å². The maximum Gasteiger partial charge on any atom is 0.453 e. The van der Waals surface area contributed by atoms with Gasteiger partial charge in [0.25, 0.3) is 11.6 Å². The van der Waals surface area contributed by atoms with Gasteiger partial charge in [-0.3, -0.25) is 9.78 Å². The smallest absolute Gasteiger partial charge is 0.453 e. The standard InChI is InChI=1S/C25H25F3N6O2/c1-15(18-7-6-9-20(13-18)36-14-19-8-4-5-12-29-19)30-22(35)11-10-21-16(2)31-24-32-23(25(26,27)28)33-34(24)17(21)3/h4-9,12-13,15H,10-11,14H2,1-3H3,(H,30,35). The highest BCUT2D eigenvalue weighted by molar-refractivity contribution is 5.76. The van der Waals surface area contributed by atoms with E-state index in [9.17, 15) is 18.0 Å². The Balaban J connectivity index is 1.38. The van der Waals surface area contributed by atoms with Gasteiger partial charge in [-0.25, -0.2) is 9.50 Å². The van der Waals surface area contributed by atoms with Gasteiger partial charge in [-0.1, -0.05) is 18.2 Å². The second-order valence-electron chi connectivity index (χ2n) is 8.38. The van der Waals surface area contributed by atoms with Gasteiger partial charge in [-0.2, -0.15) is 18.2 Å². The number of ether oxygens (including phenoxy) is 1. The fraction of sp³-hybridized carbons (Fsp3) is 0.320. The van der Waals surface area contributed by atoms with Crippen molar-refractivity contribution in [2.24, 2.45) is 0 Å². The van der Waals surface area contributed by atoms with Crippen molar-refractivity contribution in [3.63, 3.8) is 0 Å². The second-order valence-corrected chi connectivity index (χ2v) is 8.38. The normalized spacial score (nSPS) is 12.5. The maximum atomic E-state index is 13.0. The first kappa shape index (κ1) is 25.1. The first-order chi connectivity index (χ1) is 17.1. The number of rotatable bonds is 8. The zero-order valence-electron chi connectivity index (χ0n) is 20.0. The molecule has 0 saturated heterocycles. The summed E-state index contributed by atoms with van der Waals surface area (Å²) in [5.41, 5.74) is 3.33. The minimum atomic E-state index is -4.66. The van der Waals surface area contributed by atoms with Crippen molar-refractivity contribution < 1.29 is 22.7 Å². The van der Waals surface area contributed by atoms with E-state index in [1.807, 2.05) is 49.4 Å². The van der Waals surface area contributed by atoms with Crippen LogP contribution in [0.1, 0.15) is 53.4 Å². The molecule has 11 heteroatoms. The number of benzene rings is 1. The van der Waals surface area contributed by atoms with E-state index in [0.717, 1.165) is 15.8 Å². The zero-order valence-corrected chi connectivity index (χ0v) is 20.0. The molecule has 0 aliphatic rings. The van der Waals surface area contributed by atoms with E-state index in [4.69, 9.17) is 4.74 Å². The number of fused-ring (bicyclic) bond motifs is 1. The van der Waals surface area contributed by atoms with Crippen molar-refractivity contribution in [1.82, 2.24) is 29.9 Å². The molecular formula is C25H25F3N6O2. The molecule has 8 nitrogen and oxygen atoms in total. The third kappa shape index (κ3) is 5.78. The molecular weight excluding hydrogens is 473 g/mol. The second kappa shape index (κ2) is 10.3. The first-order valence-electron chi connectivity index (χ1n) is 11.3. The lowest BCUT2D eigenvalue weighted by Gasteiger charge is -2.16. The van der Waals surface area contributed by atoms with Crippen LogP contribution in [0.4, 0.5) is 13.2 Å². The number of carbonyl (C=O) groups excluding carboxylic acids is 1. The Kier molecular flexibility index (Phi) is 7.18. The number of amides is 1. The Hall–Kier alpha value is -4.02. The highest BCUT2D eigenvalue weighted by Gasteiger charge is 2.37. The van der Waals surface area contributed by atoms with Gasteiger partial charge in [0.1, 0.15) is 12.4 Å². The van der Waals surface area contributed by atoms with E-state index in [1.54, 1.807) is 20.0 Å². The molecule has 4 rings (SSSR count). The van der Waals surface area contributed by atoms with Crippen molar-refractivity contribution in [3.05, 3.63) is 82.7 Å². The molecule has 36 heavy (non-hydrogen) atoms. The third-order valence-corrected chi connectivity index (χ3v) is 5.75. The van der Waals surface area contributed by atoms with Crippen molar-refractivity contribution in [2.45, 2.75) is 52.4 Å². The Morgan fingerprint density at radius 1 is 1.14 bits per heavy atom. The molecule has 1 amide bonds. The minimum Gasteiger partial charge on any atom is -0.487 e. The first-order valence-corrected chi connectivity index (χ1v) is 11.3. The van der Waals surface area contributed by atoms with E-state index in [2.05, 4.69) is 25.4 Å². The SMILES string of the molecule is Cc1nc2nc(C(F)(F)F)nn2c(C)c1CCC(=O)NC(C)c1cccc(OCc2ccccn2)c1. The lowest BCUT2D eigenvalue weighted by atomic mass is 10.1. The van der Waals surface area contributed by atoms with Gasteiger partial charge in [-0.15, -0.1) is 5.10 Å². The van der Waals surface area contributed by atoms with Crippen LogP contribution < -0.4 is 10.1 Å². The van der Waals surface area contributed by atoms with E-state index >= 15 is 0 Å². The number of pyridine rings is 1. The Morgan fingerprint density at radius 3 is 2.67 bits per heavy atom. The molecule has 0 saturated carbocycles. The van der Waals surface area contributed by atoms with E-state index in [0.29, 0.717) is 35.7 Å². The summed E-state index contributed by atoms with van der Waals surface area (Å²) >= 11 is 0. The van der Waals surface area contributed by atoms with Crippen LogP contribution in [0.25, 0.3) is 5.78 Å². The van der Waals surface area contributed by atoms with E-state index < -0.39 is 12.0 Å². The summed E-state index contributed by atoms with van der Waals surface area (Å²) in [7, 11) is 0. The topological polar surface area (TPSA) is 94.3 Å². The summed E-state index contributed by atoms with van der Waals surface area (Å²) in [6.45, 7) is 5.52. The Morgan fingerprint density at radius 2 is 1.94 bits per heavy atom. The van der Waals surface area contributed by atoms with Gasteiger partial charge in [-0.05, 0) is 62.6 Å². The summed E-state index contributed by atoms with van der Waals surface area (Å²) in [6, 6.07) is 12.8. The predicted octanol–water partition coefficient (Wildman–Crippen LogP) is 4.54. The van der Waals surface area contributed by atoms with Crippen molar-refractivity contribution >= 4 is 11.7 Å². The number of aromatic nitrogens is 5. The third-order valence-electron chi connectivity index (χ3n) is 5.75. The fourth-order valence-corrected chi connectivity index (χ4v) is 3.84. The number of aryl methyl sites for hydroxylation is 2. The average molecular weight is 499 g/mol. The molecule has 1 atom stereocenters. The maximum absolute atomic E-state index is 13.0. The summed E-state index contributed by atoms with van der Waals surface area (Å²) in [5, 5.41) is 6.50. The summed E-state index contributed by atoms with van der Waals surface area (Å²) in [4.78, 5) is 24.5. The Labute approximate surface area is 205 Å². The molecule has 4 aromatic rings. The molecule has 1 unspecified atom stereocenters. The molecule has 1 aromatic carbocycles. The van der Waals surface area contributed by atoms with Crippen LogP contribution in [-0.2, 0) is 24.0 Å². The molecule has 0 fully saturated rings. The van der Waals surface area contributed by atoms with Crippen LogP contribution in [0.15, 0.2) is 48.7 Å². The van der Waals surface area contributed by atoms with Gasteiger partial charge in [0, 0.05) is 24.0 Å². The fourth-order valence-electron chi connectivity index (χ4n) is 3.84. The van der Waals surface area contributed by atoms with Crippen LogP contribution in [-0.4, -0.2) is 30.5 Å². The molecule has 0 bridgehead atoms. The zero-order chi connectivity index (χ0) is 25.9. The van der Waals surface area contributed by atoms with Crippen molar-refractivity contribution in [1.29, 1.82) is 0 Å². The largest absolute Gasteiger partial charge is 0.487 e. The molecule has 0 radical (unpaired) electrons. The number of hydrogen-bond acceptors (Lipinski definition) is 6. The van der Waals surface area contributed by atoms with Gasteiger partial charge in [0.15, 0.2) is 0 Å². The highest BCUT2D eigenvalue weighted by Crippen LogP contribution is 2.27. The van der Waals surface area contributed by atoms with Crippen molar-refractivity contribution in [3.8, 4) is 5.75 Å².